The molecular weight excluding hydrogens is 282 g/mol. The van der Waals surface area contributed by atoms with Gasteiger partial charge in [-0.05, 0) is 0 Å². The van der Waals surface area contributed by atoms with Gasteiger partial charge in [0.25, 0.3) is 6.29 Å². The third-order valence-electron chi connectivity index (χ3n) is 2.93. The zero-order valence-electron chi connectivity index (χ0n) is 13.0. The van der Waals surface area contributed by atoms with Gasteiger partial charge >= 0.3 is 11.9 Å². The predicted octanol–water partition coefficient (Wildman–Crippen LogP) is 2.05. The van der Waals surface area contributed by atoms with Crippen molar-refractivity contribution in [1.82, 2.24) is 0 Å². The van der Waals surface area contributed by atoms with E-state index in [0.717, 1.165) is 17.7 Å². The minimum atomic E-state index is -0.991. The van der Waals surface area contributed by atoms with Crippen LogP contribution in [0.5, 0.6) is 0 Å². The highest BCUT2D eigenvalue weighted by Crippen LogP contribution is 2.12. The monoisotopic (exact) mass is 304 g/mol. The van der Waals surface area contributed by atoms with E-state index in [0.29, 0.717) is 17.6 Å². The minimum Gasteiger partial charge on any atom is -0.416 e. The number of likely N-dealkylation sites (N-methyl/N-ethyl adjacent to an activating group) is 1. The Kier molecular flexibility index (Phi) is 6.53. The maximum Gasteiger partial charge on any atom is 0.333 e. The third-order valence-corrected chi connectivity index (χ3v) is 2.93. The molecular formula is C17H22NO4+. The van der Waals surface area contributed by atoms with E-state index in [1.54, 1.807) is 0 Å². The molecule has 0 atom stereocenters. The van der Waals surface area contributed by atoms with Gasteiger partial charge in [0.2, 0.25) is 0 Å². The highest BCUT2D eigenvalue weighted by Gasteiger charge is 2.27. The van der Waals surface area contributed by atoms with Crippen molar-refractivity contribution in [1.29, 1.82) is 0 Å². The number of esters is 2. The van der Waals surface area contributed by atoms with Crippen LogP contribution >= 0.6 is 0 Å². The number of carbonyl (C=O) groups excluding carboxylic acids is 2. The van der Waals surface area contributed by atoms with Gasteiger partial charge in [-0.2, -0.15) is 0 Å². The highest BCUT2D eigenvalue weighted by atomic mass is 16.7. The summed E-state index contributed by atoms with van der Waals surface area (Å²) in [5.74, 6) is -1.27. The number of rotatable bonds is 8. The molecule has 0 radical (unpaired) electrons. The second-order valence-corrected chi connectivity index (χ2v) is 5.47. The van der Waals surface area contributed by atoms with Crippen LogP contribution in [0.4, 0.5) is 0 Å². The van der Waals surface area contributed by atoms with Crippen molar-refractivity contribution in [2.24, 2.45) is 0 Å². The Hall–Kier alpha value is -2.40. The molecule has 5 heteroatoms. The van der Waals surface area contributed by atoms with Crippen LogP contribution < -0.4 is 0 Å². The van der Waals surface area contributed by atoms with Crippen LogP contribution in [0.3, 0.4) is 0 Å². The molecule has 0 N–H and O–H groups in total. The quantitative estimate of drug-likeness (QED) is 0.319. The lowest BCUT2D eigenvalue weighted by molar-refractivity contribution is -0.908. The van der Waals surface area contributed by atoms with Crippen molar-refractivity contribution in [2.75, 3.05) is 20.6 Å². The van der Waals surface area contributed by atoms with E-state index in [4.69, 9.17) is 9.47 Å². The number of nitrogens with zero attached hydrogens (tertiary/aromatic N) is 1. The molecule has 0 aromatic heterocycles. The molecule has 0 aliphatic rings. The van der Waals surface area contributed by atoms with Crippen molar-refractivity contribution in [3.63, 3.8) is 0 Å². The van der Waals surface area contributed by atoms with Crippen molar-refractivity contribution in [3.05, 3.63) is 61.2 Å². The number of carbonyl (C=O) groups is 2. The molecule has 0 aliphatic heterocycles. The first-order chi connectivity index (χ1) is 10.4. The number of hydrogen-bond acceptors (Lipinski definition) is 4. The molecule has 5 nitrogen and oxygen atoms in total. The van der Waals surface area contributed by atoms with Gasteiger partial charge in [-0.15, -0.1) is 0 Å². The number of benzene rings is 1. The van der Waals surface area contributed by atoms with Crippen LogP contribution in [0.1, 0.15) is 5.56 Å². The zero-order valence-corrected chi connectivity index (χ0v) is 13.0. The van der Waals surface area contributed by atoms with Crippen LogP contribution in [-0.4, -0.2) is 43.4 Å². The first-order valence-electron chi connectivity index (χ1n) is 6.88. The van der Waals surface area contributed by atoms with Gasteiger partial charge in [-0.25, -0.2) is 9.59 Å². The second kappa shape index (κ2) is 8.14. The summed E-state index contributed by atoms with van der Waals surface area (Å²) in [6.07, 6.45) is 1.08. The van der Waals surface area contributed by atoms with E-state index in [1.165, 1.54) is 0 Å². The SMILES string of the molecule is C=CC(=O)OC(C[N+](C)(C)Cc1ccccc1)OC(=O)C=C. The zero-order chi connectivity index (χ0) is 16.6. The van der Waals surface area contributed by atoms with Gasteiger partial charge in [0.15, 0.2) is 6.54 Å². The first kappa shape index (κ1) is 17.7. The second-order valence-electron chi connectivity index (χ2n) is 5.47. The Bertz CT molecular complexity index is 515. The molecule has 0 unspecified atom stereocenters. The highest BCUT2D eigenvalue weighted by molar-refractivity contribution is 5.83. The summed E-state index contributed by atoms with van der Waals surface area (Å²) >= 11 is 0. The van der Waals surface area contributed by atoms with Crippen molar-refractivity contribution >= 4 is 11.9 Å². The lowest BCUT2D eigenvalue weighted by Crippen LogP contribution is -2.47. The molecule has 1 aromatic rings. The first-order valence-corrected chi connectivity index (χ1v) is 6.88. The third kappa shape index (κ3) is 6.37. The number of hydrogen-bond donors (Lipinski definition) is 0. The van der Waals surface area contributed by atoms with E-state index in [9.17, 15) is 9.59 Å². The van der Waals surface area contributed by atoms with Crippen molar-refractivity contribution in [3.8, 4) is 0 Å². The Balaban J connectivity index is 2.76. The van der Waals surface area contributed by atoms with E-state index in [2.05, 4.69) is 13.2 Å². The average molecular weight is 304 g/mol. The summed E-state index contributed by atoms with van der Waals surface area (Å²) in [7, 11) is 3.92. The summed E-state index contributed by atoms with van der Waals surface area (Å²) in [6, 6.07) is 9.90. The summed E-state index contributed by atoms with van der Waals surface area (Å²) in [4.78, 5) is 22.7. The fourth-order valence-corrected chi connectivity index (χ4v) is 2.00. The lowest BCUT2D eigenvalue weighted by atomic mass is 10.2. The normalized spacial score (nSPS) is 10.9. The molecule has 0 spiro atoms. The lowest BCUT2D eigenvalue weighted by Gasteiger charge is -2.32. The van der Waals surface area contributed by atoms with Crippen LogP contribution in [0, 0.1) is 0 Å². The molecule has 0 aliphatic carbocycles. The number of quaternary nitrogens is 1. The maximum absolute atomic E-state index is 11.4. The smallest absolute Gasteiger partial charge is 0.333 e. The fourth-order valence-electron chi connectivity index (χ4n) is 2.00. The van der Waals surface area contributed by atoms with Gasteiger partial charge in [-0.1, -0.05) is 43.5 Å². The van der Waals surface area contributed by atoms with Gasteiger partial charge in [0.1, 0.15) is 6.54 Å². The number of ether oxygens (including phenoxy) is 2. The summed E-state index contributed by atoms with van der Waals surface area (Å²) in [6.45, 7) is 7.69. The maximum atomic E-state index is 11.4. The standard InChI is InChI=1S/C17H22NO4/c1-5-15(19)21-17(22-16(20)6-2)13-18(3,4)12-14-10-8-7-9-11-14/h5-11,17H,1-2,12-13H2,3-4H3/q+1. The van der Waals surface area contributed by atoms with E-state index in [-0.39, 0.29) is 0 Å². The van der Waals surface area contributed by atoms with Crippen LogP contribution in [0.2, 0.25) is 0 Å². The van der Waals surface area contributed by atoms with Gasteiger partial charge in [-0.3, -0.25) is 0 Å². The molecule has 0 bridgehead atoms. The van der Waals surface area contributed by atoms with Crippen LogP contribution in [0.15, 0.2) is 55.6 Å². The topological polar surface area (TPSA) is 52.6 Å². The van der Waals surface area contributed by atoms with E-state index < -0.39 is 18.2 Å². The summed E-state index contributed by atoms with van der Waals surface area (Å²) in [5, 5.41) is 0. The van der Waals surface area contributed by atoms with Gasteiger partial charge < -0.3 is 14.0 Å². The summed E-state index contributed by atoms with van der Waals surface area (Å²) in [5.41, 5.74) is 1.14. The van der Waals surface area contributed by atoms with Crippen molar-refractivity contribution in [2.45, 2.75) is 12.8 Å². The van der Waals surface area contributed by atoms with Crippen molar-refractivity contribution < 1.29 is 23.5 Å². The molecule has 0 amide bonds. The Morgan fingerprint density at radius 1 is 1.09 bits per heavy atom. The van der Waals surface area contributed by atoms with E-state index in [1.807, 2.05) is 44.4 Å². The van der Waals surface area contributed by atoms with Gasteiger partial charge in [0, 0.05) is 17.7 Å². The molecule has 0 heterocycles. The predicted molar refractivity (Wildman–Crippen MR) is 83.5 cm³/mol. The van der Waals surface area contributed by atoms with Crippen LogP contribution in [-0.2, 0) is 25.6 Å². The Labute approximate surface area is 131 Å². The minimum absolute atomic E-state index is 0.314. The Morgan fingerprint density at radius 3 is 2.05 bits per heavy atom. The Morgan fingerprint density at radius 2 is 1.59 bits per heavy atom. The fraction of sp³-hybridized carbons (Fsp3) is 0.294. The molecule has 118 valence electrons. The molecule has 22 heavy (non-hydrogen) atoms. The molecule has 1 aromatic carbocycles. The van der Waals surface area contributed by atoms with E-state index >= 15 is 0 Å². The average Bonchev–Trinajstić information content (AvgIpc) is 2.46. The largest absolute Gasteiger partial charge is 0.416 e. The molecule has 0 saturated carbocycles. The molecule has 1 rings (SSSR count). The van der Waals surface area contributed by atoms with Crippen LogP contribution in [0.25, 0.3) is 0 Å². The molecule has 0 saturated heterocycles. The summed E-state index contributed by atoms with van der Waals surface area (Å²) < 4.78 is 10.6. The van der Waals surface area contributed by atoms with Gasteiger partial charge in [0.05, 0.1) is 14.1 Å². The molecule has 0 fully saturated rings.